The van der Waals surface area contributed by atoms with Crippen LogP contribution in [0.15, 0.2) is 0 Å². The molecule has 8 unspecified atom stereocenters. The van der Waals surface area contributed by atoms with Crippen LogP contribution in [0.5, 0.6) is 0 Å². The molecule has 51 heavy (non-hydrogen) atoms. The van der Waals surface area contributed by atoms with Gasteiger partial charge in [0.1, 0.15) is 73.2 Å². The number of carboxylic acids is 4. The Hall–Kier alpha value is -2.80. The molecule has 4 aliphatic heterocycles. The molecular formula is C26H38O25. The first-order chi connectivity index (χ1) is 23.9. The van der Waals surface area contributed by atoms with Gasteiger partial charge in [-0.05, 0) is 0 Å². The molecule has 0 radical (unpaired) electrons. The molecule has 4 aliphatic rings. The smallest absolute Gasteiger partial charge is 0.335 e. The van der Waals surface area contributed by atoms with Crippen LogP contribution in [-0.2, 0) is 61.8 Å². The molecular weight excluding hydrogens is 712 g/mol. The third kappa shape index (κ3) is 8.09. The number of aliphatic carboxylic acids is 4. The first-order valence-corrected chi connectivity index (χ1v) is 14.9. The number of hydrogen-bond donors (Lipinski definition) is 12. The Bertz CT molecular complexity index is 1250. The molecule has 0 spiro atoms. The van der Waals surface area contributed by atoms with Gasteiger partial charge in [-0.3, -0.25) is 0 Å². The number of hydrogen-bond acceptors (Lipinski definition) is 21. The van der Waals surface area contributed by atoms with Crippen molar-refractivity contribution in [2.75, 3.05) is 14.2 Å². The minimum absolute atomic E-state index is 1.000. The van der Waals surface area contributed by atoms with E-state index in [1.165, 1.54) is 0 Å². The van der Waals surface area contributed by atoms with Crippen LogP contribution in [0.1, 0.15) is 0 Å². The Kier molecular flexibility index (Phi) is 13.2. The lowest BCUT2D eigenvalue weighted by Crippen LogP contribution is -2.68. The highest BCUT2D eigenvalue weighted by molar-refractivity contribution is 5.75. The highest BCUT2D eigenvalue weighted by Gasteiger charge is 2.58. The van der Waals surface area contributed by atoms with Crippen LogP contribution in [0.3, 0.4) is 0 Å². The zero-order valence-electron chi connectivity index (χ0n) is 26.2. The van der Waals surface area contributed by atoms with Gasteiger partial charge in [0.25, 0.3) is 0 Å². The second-order valence-corrected chi connectivity index (χ2v) is 11.7. The molecule has 0 aromatic rings. The summed E-state index contributed by atoms with van der Waals surface area (Å²) in [4.78, 5) is 47.8. The quantitative estimate of drug-likeness (QED) is 0.0881. The zero-order chi connectivity index (χ0) is 38.2. The van der Waals surface area contributed by atoms with Gasteiger partial charge in [-0.1, -0.05) is 0 Å². The first kappa shape index (κ1) is 41.0. The number of carbonyl (C=O) groups is 4. The van der Waals surface area contributed by atoms with Crippen LogP contribution in [0, 0.1) is 0 Å². The van der Waals surface area contributed by atoms with Gasteiger partial charge in [-0.2, -0.15) is 0 Å². The Labute approximate surface area is 284 Å². The molecule has 0 amide bonds. The van der Waals surface area contributed by atoms with Gasteiger partial charge in [-0.15, -0.1) is 0 Å². The summed E-state index contributed by atoms with van der Waals surface area (Å²) in [5.41, 5.74) is 0. The lowest BCUT2D eigenvalue weighted by molar-refractivity contribution is -0.378. The molecule has 0 saturated carbocycles. The van der Waals surface area contributed by atoms with Gasteiger partial charge < -0.3 is 104 Å². The van der Waals surface area contributed by atoms with Crippen LogP contribution in [-0.4, -0.2) is 222 Å². The topological polar surface area (TPSA) is 394 Å². The molecule has 12 N–H and O–H groups in total. The summed E-state index contributed by atoms with van der Waals surface area (Å²) in [6, 6.07) is 0. The average Bonchev–Trinajstić information content (AvgIpc) is 3.07. The molecule has 25 nitrogen and oxygen atoms in total. The highest BCUT2D eigenvalue weighted by atomic mass is 16.8. The van der Waals surface area contributed by atoms with Gasteiger partial charge in [-0.25, -0.2) is 19.2 Å². The van der Waals surface area contributed by atoms with Gasteiger partial charge in [0.2, 0.25) is 0 Å². The van der Waals surface area contributed by atoms with Crippen molar-refractivity contribution in [1.29, 1.82) is 0 Å². The third-order valence-corrected chi connectivity index (χ3v) is 8.53. The number of carboxylic acid groups (broad SMARTS) is 4. The Morgan fingerprint density at radius 1 is 0.373 bits per heavy atom. The van der Waals surface area contributed by atoms with E-state index in [0.29, 0.717) is 0 Å². The van der Waals surface area contributed by atoms with E-state index in [1.54, 1.807) is 0 Å². The number of ether oxygens (including phenoxy) is 9. The summed E-state index contributed by atoms with van der Waals surface area (Å²) >= 11 is 0. The summed E-state index contributed by atoms with van der Waals surface area (Å²) in [5, 5.41) is 123. The average molecular weight is 751 g/mol. The van der Waals surface area contributed by atoms with E-state index in [0.717, 1.165) is 14.2 Å². The van der Waals surface area contributed by atoms with E-state index in [1.807, 2.05) is 0 Å². The number of aliphatic hydroxyl groups is 8. The summed E-state index contributed by atoms with van der Waals surface area (Å²) in [6.45, 7) is 0. The highest BCUT2D eigenvalue weighted by Crippen LogP contribution is 2.35. The molecule has 0 aromatic carbocycles. The summed E-state index contributed by atoms with van der Waals surface area (Å²) in [7, 11) is 2.02. The molecule has 4 heterocycles. The van der Waals surface area contributed by atoms with Crippen LogP contribution in [0.25, 0.3) is 0 Å². The molecule has 20 atom stereocenters. The Morgan fingerprint density at radius 3 is 0.863 bits per heavy atom. The van der Waals surface area contributed by atoms with Gasteiger partial charge in [0, 0.05) is 14.2 Å². The van der Waals surface area contributed by atoms with Crippen molar-refractivity contribution < 1.29 is 123 Å². The minimum Gasteiger partial charge on any atom is -0.479 e. The molecule has 4 saturated heterocycles. The predicted molar refractivity (Wildman–Crippen MR) is 146 cm³/mol. The molecule has 0 aliphatic carbocycles. The van der Waals surface area contributed by atoms with E-state index < -0.39 is 147 Å². The van der Waals surface area contributed by atoms with Crippen LogP contribution < -0.4 is 0 Å². The van der Waals surface area contributed by atoms with Crippen LogP contribution >= 0.6 is 0 Å². The largest absolute Gasteiger partial charge is 0.479 e. The van der Waals surface area contributed by atoms with Gasteiger partial charge in [0.15, 0.2) is 49.6 Å². The SMILES string of the molecule is CO[C@@H]1O[C@@H](C(=O)O)[C@@H](O[C@@H]2OC(C(=O)O)[C@@H](O[C@@H]3O[C@@H](C(=O)O)[C@@H](O[C@@H]4OC(C(=O)O)[C@@H](OC)[C@@H](O)C4O)C(O)C3O)[C@H](O)C2O)C(O)C1O. The molecule has 25 heteroatoms. The van der Waals surface area contributed by atoms with Crippen molar-refractivity contribution in [3.05, 3.63) is 0 Å². The van der Waals surface area contributed by atoms with E-state index in [4.69, 9.17) is 42.6 Å². The minimum atomic E-state index is -2.40. The van der Waals surface area contributed by atoms with Crippen molar-refractivity contribution >= 4 is 23.9 Å². The van der Waals surface area contributed by atoms with Gasteiger partial charge in [0.05, 0.1) is 0 Å². The Balaban J connectivity index is 1.51. The van der Waals surface area contributed by atoms with E-state index in [2.05, 4.69) is 0 Å². The van der Waals surface area contributed by atoms with Crippen molar-refractivity contribution in [2.45, 2.75) is 123 Å². The van der Waals surface area contributed by atoms with E-state index >= 15 is 0 Å². The number of methoxy groups -OCH3 is 2. The standard InChI is InChI=1S/C26H38O25/c1-43-11-3(27)8(32)24(49-15(11)19(35)36)46-13-5(29)10(34)26(51-17(13)21(39)40)47-14-6(30)9(33)25(50-18(14)22(41)42)45-12-4(28)7(31)23(44-2)48-16(12)20(37)38/h3-18,23-34H,1-2H3,(H,35,36)(H,37,38)(H,39,40)(H,41,42)/t3-,4?,5?,6+,7?,8?,9?,10?,11-,12-,13-,14-,15?,16+,17+,18?,23+,24+,25+,26+/m0/s1. The summed E-state index contributed by atoms with van der Waals surface area (Å²) < 4.78 is 46.0. The maximum Gasteiger partial charge on any atom is 0.335 e. The van der Waals surface area contributed by atoms with Crippen molar-refractivity contribution in [1.82, 2.24) is 0 Å². The second-order valence-electron chi connectivity index (χ2n) is 11.7. The van der Waals surface area contributed by atoms with E-state index in [9.17, 15) is 80.5 Å². The fourth-order valence-electron chi connectivity index (χ4n) is 5.86. The second kappa shape index (κ2) is 16.5. The van der Waals surface area contributed by atoms with Crippen molar-refractivity contribution in [3.63, 3.8) is 0 Å². The zero-order valence-corrected chi connectivity index (χ0v) is 26.2. The fourth-order valence-corrected chi connectivity index (χ4v) is 5.86. The lowest BCUT2D eigenvalue weighted by atomic mass is 9.95. The normalized spacial score (nSPS) is 47.7. The van der Waals surface area contributed by atoms with E-state index in [-0.39, 0.29) is 0 Å². The molecule has 4 fully saturated rings. The van der Waals surface area contributed by atoms with Crippen molar-refractivity contribution in [3.8, 4) is 0 Å². The third-order valence-electron chi connectivity index (χ3n) is 8.53. The monoisotopic (exact) mass is 750 g/mol. The van der Waals surface area contributed by atoms with Crippen LogP contribution in [0.2, 0.25) is 0 Å². The first-order valence-electron chi connectivity index (χ1n) is 14.9. The summed E-state index contributed by atoms with van der Waals surface area (Å²) in [5.74, 6) is -7.32. The lowest BCUT2D eigenvalue weighted by Gasteiger charge is -2.48. The molecule has 4 rings (SSSR count). The molecule has 0 bridgehead atoms. The number of rotatable bonds is 12. The van der Waals surface area contributed by atoms with Gasteiger partial charge >= 0.3 is 23.9 Å². The molecule has 292 valence electrons. The fraction of sp³-hybridized carbons (Fsp3) is 0.846. The maximum absolute atomic E-state index is 12.2. The Morgan fingerprint density at radius 2 is 0.608 bits per heavy atom. The predicted octanol–water partition coefficient (Wildman–Crippen LogP) is -8.07. The number of aliphatic hydroxyl groups excluding tert-OH is 8. The van der Waals surface area contributed by atoms with Crippen molar-refractivity contribution in [2.24, 2.45) is 0 Å². The van der Waals surface area contributed by atoms with Crippen LogP contribution in [0.4, 0.5) is 0 Å². The summed E-state index contributed by atoms with van der Waals surface area (Å²) in [6.07, 6.45) is -43.0. The maximum atomic E-state index is 12.2. The molecule has 0 aromatic heterocycles.